The van der Waals surface area contributed by atoms with Crippen LogP contribution in [0.25, 0.3) is 0 Å². The van der Waals surface area contributed by atoms with Crippen LogP contribution in [0.1, 0.15) is 30.9 Å². The zero-order valence-electron chi connectivity index (χ0n) is 13.9. The second-order valence-electron chi connectivity index (χ2n) is 6.93. The molecule has 2 amide bonds. The summed E-state index contributed by atoms with van der Waals surface area (Å²) in [6.45, 7) is 0.0971. The molecule has 1 heterocycles. The summed E-state index contributed by atoms with van der Waals surface area (Å²) in [5, 5.41) is 4.24. The number of nitrogens with one attached hydrogen (secondary N) is 2. The maximum absolute atomic E-state index is 14.4. The van der Waals surface area contributed by atoms with Crippen LogP contribution in [0.3, 0.4) is 0 Å². The van der Waals surface area contributed by atoms with Gasteiger partial charge >= 0.3 is 6.18 Å². The van der Waals surface area contributed by atoms with E-state index in [0.29, 0.717) is 0 Å². The quantitative estimate of drug-likeness (QED) is 0.589. The van der Waals surface area contributed by atoms with E-state index < -0.39 is 52.5 Å². The minimum absolute atomic E-state index is 0.0545. The highest BCUT2D eigenvalue weighted by Gasteiger charge is 2.51. The molecule has 2 N–H and O–H groups in total. The summed E-state index contributed by atoms with van der Waals surface area (Å²) in [6, 6.07) is 0.880. The maximum atomic E-state index is 14.4. The fourth-order valence-corrected chi connectivity index (χ4v) is 3.67. The lowest BCUT2D eigenvalue weighted by atomic mass is 9.69. The largest absolute Gasteiger partial charge is 0.391 e. The molecule has 0 bridgehead atoms. The summed E-state index contributed by atoms with van der Waals surface area (Å²) in [4.78, 5) is 23.7. The van der Waals surface area contributed by atoms with Crippen LogP contribution in [0.4, 0.5) is 22.0 Å². The SMILES string of the molecule is O=C1C[C@H](C(=O)NC(c2ccc(F)c(Cl)c2F)[C@H]2C[C@H](C(F)(F)F)C2)CN1. The third-order valence-electron chi connectivity index (χ3n) is 5.15. The molecule has 1 aliphatic heterocycles. The highest BCUT2D eigenvalue weighted by atomic mass is 35.5. The Kier molecular flexibility index (Phi) is 5.33. The Morgan fingerprint density at radius 3 is 2.48 bits per heavy atom. The number of carbonyl (C=O) groups is 2. The molecular formula is C17H16ClF5N2O2. The molecule has 3 rings (SSSR count). The third-order valence-corrected chi connectivity index (χ3v) is 5.50. The number of benzene rings is 1. The predicted molar refractivity (Wildman–Crippen MR) is 85.6 cm³/mol. The number of amides is 2. The molecule has 2 aliphatic rings. The normalized spacial score (nSPS) is 26.3. The minimum atomic E-state index is -4.37. The molecule has 1 aromatic rings. The van der Waals surface area contributed by atoms with Gasteiger partial charge in [-0.25, -0.2) is 8.78 Å². The molecule has 0 aromatic heterocycles. The third kappa shape index (κ3) is 4.02. The molecule has 4 nitrogen and oxygen atoms in total. The van der Waals surface area contributed by atoms with Crippen molar-refractivity contribution in [3.63, 3.8) is 0 Å². The van der Waals surface area contributed by atoms with E-state index in [9.17, 15) is 31.5 Å². The van der Waals surface area contributed by atoms with Gasteiger partial charge in [0.25, 0.3) is 0 Å². The topological polar surface area (TPSA) is 58.2 Å². The lowest BCUT2D eigenvalue weighted by Gasteiger charge is -2.42. The standard InChI is InChI=1S/C17H16ClF5N2O2/c18-13-11(19)2-1-10(14(13)20)15(7-3-9(4-7)17(21,22)23)25-16(27)8-5-12(26)24-6-8/h1-2,7-9,15H,3-6H2,(H,24,26)(H,25,27)/t7-,8-,9-,15?/m0/s1. The van der Waals surface area contributed by atoms with E-state index in [1.165, 1.54) is 0 Å². The first-order valence-electron chi connectivity index (χ1n) is 8.35. The average Bonchev–Trinajstić information content (AvgIpc) is 2.96. The van der Waals surface area contributed by atoms with Gasteiger partial charge in [0, 0.05) is 18.5 Å². The van der Waals surface area contributed by atoms with E-state index >= 15 is 0 Å². The van der Waals surface area contributed by atoms with Crippen LogP contribution in [0.2, 0.25) is 5.02 Å². The summed E-state index contributed by atoms with van der Waals surface area (Å²) >= 11 is 5.58. The van der Waals surface area contributed by atoms with Gasteiger partial charge in [-0.05, 0) is 24.8 Å². The van der Waals surface area contributed by atoms with Crippen LogP contribution in [0.15, 0.2) is 12.1 Å². The van der Waals surface area contributed by atoms with E-state index in [2.05, 4.69) is 10.6 Å². The molecule has 2 fully saturated rings. The summed E-state index contributed by atoms with van der Waals surface area (Å²) in [5.41, 5.74) is -0.169. The van der Waals surface area contributed by atoms with Crippen LogP contribution >= 0.6 is 11.6 Å². The van der Waals surface area contributed by atoms with Crippen molar-refractivity contribution >= 4 is 23.4 Å². The fourth-order valence-electron chi connectivity index (χ4n) is 3.49. The van der Waals surface area contributed by atoms with Crippen molar-refractivity contribution in [1.82, 2.24) is 10.6 Å². The number of alkyl halides is 3. The Labute approximate surface area is 156 Å². The second kappa shape index (κ2) is 7.26. The first-order valence-corrected chi connectivity index (χ1v) is 8.73. The monoisotopic (exact) mass is 410 g/mol. The molecule has 1 unspecified atom stereocenters. The van der Waals surface area contributed by atoms with Gasteiger partial charge in [-0.3, -0.25) is 9.59 Å². The fraction of sp³-hybridized carbons (Fsp3) is 0.529. The zero-order chi connectivity index (χ0) is 19.9. The van der Waals surface area contributed by atoms with Gasteiger partial charge in [-0.15, -0.1) is 0 Å². The van der Waals surface area contributed by atoms with Crippen molar-refractivity contribution in [3.05, 3.63) is 34.4 Å². The summed E-state index contributed by atoms with van der Waals surface area (Å²) in [5.74, 6) is -5.92. The van der Waals surface area contributed by atoms with E-state index in [-0.39, 0.29) is 37.3 Å². The van der Waals surface area contributed by atoms with Crippen molar-refractivity contribution in [2.24, 2.45) is 17.8 Å². The first kappa shape index (κ1) is 19.9. The smallest absolute Gasteiger partial charge is 0.355 e. The van der Waals surface area contributed by atoms with Gasteiger partial charge < -0.3 is 10.6 Å². The van der Waals surface area contributed by atoms with Crippen LogP contribution in [0, 0.1) is 29.4 Å². The van der Waals surface area contributed by atoms with Gasteiger partial charge in [0.05, 0.1) is 17.9 Å². The molecule has 1 saturated carbocycles. The van der Waals surface area contributed by atoms with Gasteiger partial charge in [-0.1, -0.05) is 17.7 Å². The van der Waals surface area contributed by atoms with Gasteiger partial charge in [0.2, 0.25) is 11.8 Å². The van der Waals surface area contributed by atoms with E-state index in [1.807, 2.05) is 0 Å². The molecular weight excluding hydrogens is 395 g/mol. The predicted octanol–water partition coefficient (Wildman–Crippen LogP) is 3.50. The van der Waals surface area contributed by atoms with Crippen molar-refractivity contribution in [2.75, 3.05) is 6.54 Å². The number of hydrogen-bond donors (Lipinski definition) is 2. The van der Waals surface area contributed by atoms with Crippen LogP contribution in [-0.4, -0.2) is 24.5 Å². The maximum Gasteiger partial charge on any atom is 0.391 e. The molecule has 0 spiro atoms. The summed E-state index contributed by atoms with van der Waals surface area (Å²) in [6.07, 6.45) is -5.00. The average molecular weight is 411 g/mol. The lowest BCUT2D eigenvalue weighted by Crippen LogP contribution is -2.45. The highest BCUT2D eigenvalue weighted by Crippen LogP contribution is 2.50. The molecule has 1 aliphatic carbocycles. The highest BCUT2D eigenvalue weighted by molar-refractivity contribution is 6.31. The first-order chi connectivity index (χ1) is 12.6. The lowest BCUT2D eigenvalue weighted by molar-refractivity contribution is -0.207. The molecule has 148 valence electrons. The van der Waals surface area contributed by atoms with Gasteiger partial charge in [0.1, 0.15) is 16.7 Å². The zero-order valence-corrected chi connectivity index (χ0v) is 14.6. The minimum Gasteiger partial charge on any atom is -0.355 e. The summed E-state index contributed by atoms with van der Waals surface area (Å²) in [7, 11) is 0. The van der Waals surface area contributed by atoms with E-state index in [4.69, 9.17) is 11.6 Å². The Bertz CT molecular complexity index is 764. The Morgan fingerprint density at radius 1 is 1.26 bits per heavy atom. The van der Waals surface area contributed by atoms with Crippen molar-refractivity contribution in [1.29, 1.82) is 0 Å². The van der Waals surface area contributed by atoms with Crippen molar-refractivity contribution in [3.8, 4) is 0 Å². The van der Waals surface area contributed by atoms with Crippen LogP contribution in [-0.2, 0) is 9.59 Å². The molecule has 1 saturated heterocycles. The molecule has 1 aromatic carbocycles. The molecule has 0 radical (unpaired) electrons. The molecule has 27 heavy (non-hydrogen) atoms. The van der Waals surface area contributed by atoms with Crippen LogP contribution < -0.4 is 10.6 Å². The van der Waals surface area contributed by atoms with Crippen molar-refractivity contribution in [2.45, 2.75) is 31.5 Å². The summed E-state index contributed by atoms with van der Waals surface area (Å²) < 4.78 is 66.3. The van der Waals surface area contributed by atoms with Crippen LogP contribution in [0.5, 0.6) is 0 Å². The Morgan fingerprint density at radius 2 is 1.93 bits per heavy atom. The number of hydrogen-bond acceptors (Lipinski definition) is 2. The second-order valence-corrected chi connectivity index (χ2v) is 7.30. The molecule has 10 heteroatoms. The molecule has 2 atom stereocenters. The Balaban J connectivity index is 1.83. The van der Waals surface area contributed by atoms with Gasteiger partial charge in [-0.2, -0.15) is 13.2 Å². The number of carbonyl (C=O) groups excluding carboxylic acids is 2. The van der Waals surface area contributed by atoms with E-state index in [0.717, 1.165) is 12.1 Å². The Hall–Kier alpha value is -1.90. The number of rotatable bonds is 4. The van der Waals surface area contributed by atoms with E-state index in [1.54, 1.807) is 0 Å². The number of halogens is 6. The van der Waals surface area contributed by atoms with Gasteiger partial charge in [0.15, 0.2) is 0 Å². The van der Waals surface area contributed by atoms with Crippen molar-refractivity contribution < 1.29 is 31.5 Å².